The molecule has 0 unspecified atom stereocenters. The molecule has 0 aliphatic carbocycles. The van der Waals surface area contributed by atoms with Crippen molar-refractivity contribution in [3.8, 4) is 0 Å². The Kier molecular flexibility index (Phi) is 8.17. The lowest BCUT2D eigenvalue weighted by Gasteiger charge is -2.23. The van der Waals surface area contributed by atoms with E-state index in [9.17, 15) is 0 Å². The Morgan fingerprint density at radius 3 is 2.35 bits per heavy atom. The van der Waals surface area contributed by atoms with Gasteiger partial charge in [-0.1, -0.05) is 20.3 Å². The van der Waals surface area contributed by atoms with Gasteiger partial charge in [0.1, 0.15) is 0 Å². The molecule has 0 radical (unpaired) electrons. The molecule has 0 fully saturated rings. The predicted octanol–water partition coefficient (Wildman–Crippen LogP) is 2.09. The van der Waals surface area contributed by atoms with Gasteiger partial charge in [-0.15, -0.1) is 0 Å². The number of rotatable bonds is 10. The Balaban J connectivity index is 3.54. The van der Waals surface area contributed by atoms with Crippen LogP contribution >= 0.6 is 0 Å². The molecule has 17 heavy (non-hydrogen) atoms. The van der Waals surface area contributed by atoms with Gasteiger partial charge in [0.2, 0.25) is 0 Å². The average molecular weight is 243 g/mol. The highest BCUT2D eigenvalue weighted by Gasteiger charge is 2.20. The number of amidine groups is 1. The van der Waals surface area contributed by atoms with Crippen molar-refractivity contribution in [1.29, 1.82) is 5.41 Å². The molecule has 0 spiro atoms. The van der Waals surface area contributed by atoms with Crippen LogP contribution in [0.25, 0.3) is 0 Å². The summed E-state index contributed by atoms with van der Waals surface area (Å²) < 4.78 is 5.02. The summed E-state index contributed by atoms with van der Waals surface area (Å²) in [5.41, 5.74) is 5.41. The van der Waals surface area contributed by atoms with Crippen LogP contribution in [0.15, 0.2) is 0 Å². The van der Waals surface area contributed by atoms with Gasteiger partial charge < -0.3 is 15.4 Å². The Hall–Kier alpha value is -0.610. The number of ether oxygens (including phenoxy) is 1. The lowest BCUT2D eigenvalue weighted by atomic mass is 9.86. The summed E-state index contributed by atoms with van der Waals surface area (Å²) in [6.45, 7) is 7.11. The van der Waals surface area contributed by atoms with Gasteiger partial charge in [-0.3, -0.25) is 5.41 Å². The SMILES string of the molecule is COCCCN(C)CCCCC(C)(C)C(=N)N. The van der Waals surface area contributed by atoms with Crippen LogP contribution in [0.2, 0.25) is 0 Å². The number of nitrogens with zero attached hydrogens (tertiary/aromatic N) is 1. The number of methoxy groups -OCH3 is 1. The minimum Gasteiger partial charge on any atom is -0.387 e. The van der Waals surface area contributed by atoms with Crippen LogP contribution in [-0.2, 0) is 4.74 Å². The van der Waals surface area contributed by atoms with Crippen LogP contribution < -0.4 is 5.73 Å². The van der Waals surface area contributed by atoms with Gasteiger partial charge in [-0.05, 0) is 32.9 Å². The molecule has 0 aromatic heterocycles. The highest BCUT2D eigenvalue weighted by atomic mass is 16.5. The first-order valence-electron chi connectivity index (χ1n) is 6.42. The predicted molar refractivity (Wildman–Crippen MR) is 73.5 cm³/mol. The fourth-order valence-corrected chi connectivity index (χ4v) is 1.67. The molecule has 102 valence electrons. The summed E-state index contributed by atoms with van der Waals surface area (Å²) in [6.07, 6.45) is 4.38. The molecule has 0 bridgehead atoms. The molecule has 0 heterocycles. The summed E-state index contributed by atoms with van der Waals surface area (Å²) in [7, 11) is 3.88. The molecule has 0 aliphatic heterocycles. The maximum atomic E-state index is 7.48. The van der Waals surface area contributed by atoms with Gasteiger partial charge in [-0.25, -0.2) is 0 Å². The summed E-state index contributed by atoms with van der Waals surface area (Å²) in [4.78, 5) is 2.33. The fraction of sp³-hybridized carbons (Fsp3) is 0.923. The molecular weight excluding hydrogens is 214 g/mol. The van der Waals surface area contributed by atoms with Gasteiger partial charge in [0.05, 0.1) is 5.84 Å². The highest BCUT2D eigenvalue weighted by molar-refractivity contribution is 5.82. The van der Waals surface area contributed by atoms with Crippen molar-refractivity contribution in [3.63, 3.8) is 0 Å². The van der Waals surface area contributed by atoms with Crippen molar-refractivity contribution in [3.05, 3.63) is 0 Å². The lowest BCUT2D eigenvalue weighted by Crippen LogP contribution is -2.31. The van der Waals surface area contributed by atoms with Crippen LogP contribution in [0.3, 0.4) is 0 Å². The third-order valence-corrected chi connectivity index (χ3v) is 3.21. The first-order valence-corrected chi connectivity index (χ1v) is 6.42. The van der Waals surface area contributed by atoms with E-state index >= 15 is 0 Å². The van der Waals surface area contributed by atoms with Gasteiger partial charge in [0, 0.05) is 25.7 Å². The molecule has 0 aliphatic rings. The summed E-state index contributed by atoms with van der Waals surface area (Å²) in [5, 5.41) is 7.48. The van der Waals surface area contributed by atoms with Gasteiger partial charge >= 0.3 is 0 Å². The second-order valence-electron chi connectivity index (χ2n) is 5.40. The molecule has 0 saturated heterocycles. The second kappa shape index (κ2) is 8.48. The summed E-state index contributed by atoms with van der Waals surface area (Å²) in [5.74, 6) is 0.297. The quantitative estimate of drug-likeness (QED) is 0.351. The molecule has 0 aromatic carbocycles. The Bertz CT molecular complexity index is 217. The molecule has 3 N–H and O–H groups in total. The molecule has 0 rings (SSSR count). The Morgan fingerprint density at radius 2 is 1.82 bits per heavy atom. The maximum Gasteiger partial charge on any atom is 0.0963 e. The van der Waals surface area contributed by atoms with Crippen molar-refractivity contribution in [2.45, 2.75) is 39.5 Å². The van der Waals surface area contributed by atoms with E-state index in [1.165, 1.54) is 6.42 Å². The van der Waals surface area contributed by atoms with E-state index in [2.05, 4.69) is 11.9 Å². The van der Waals surface area contributed by atoms with E-state index < -0.39 is 0 Å². The summed E-state index contributed by atoms with van der Waals surface area (Å²) >= 11 is 0. The van der Waals surface area contributed by atoms with E-state index in [4.69, 9.17) is 15.9 Å². The van der Waals surface area contributed by atoms with Gasteiger partial charge in [-0.2, -0.15) is 0 Å². The lowest BCUT2D eigenvalue weighted by molar-refractivity contribution is 0.178. The van der Waals surface area contributed by atoms with Crippen LogP contribution in [0, 0.1) is 10.8 Å². The topological polar surface area (TPSA) is 62.3 Å². The van der Waals surface area contributed by atoms with E-state index in [-0.39, 0.29) is 5.41 Å². The number of hydrogen-bond donors (Lipinski definition) is 2. The number of hydrogen-bond acceptors (Lipinski definition) is 3. The van der Waals surface area contributed by atoms with E-state index in [0.29, 0.717) is 5.84 Å². The molecule has 4 nitrogen and oxygen atoms in total. The molecule has 0 aromatic rings. The van der Waals surface area contributed by atoms with Crippen molar-refractivity contribution in [2.24, 2.45) is 11.1 Å². The Morgan fingerprint density at radius 1 is 1.24 bits per heavy atom. The highest BCUT2D eigenvalue weighted by Crippen LogP contribution is 2.22. The van der Waals surface area contributed by atoms with E-state index in [1.54, 1.807) is 7.11 Å². The first-order chi connectivity index (χ1) is 7.90. The summed E-state index contributed by atoms with van der Waals surface area (Å²) in [6, 6.07) is 0. The molecular formula is C13H29N3O. The second-order valence-corrected chi connectivity index (χ2v) is 5.40. The van der Waals surface area contributed by atoms with Crippen LogP contribution in [0.1, 0.15) is 39.5 Å². The average Bonchev–Trinajstić information content (AvgIpc) is 2.24. The zero-order chi connectivity index (χ0) is 13.3. The number of nitrogens with two attached hydrogens (primary N) is 1. The van der Waals surface area contributed by atoms with E-state index in [1.807, 2.05) is 13.8 Å². The zero-order valence-corrected chi connectivity index (χ0v) is 11.9. The molecule has 0 amide bonds. The van der Waals surface area contributed by atoms with Crippen LogP contribution in [0.4, 0.5) is 0 Å². The normalized spacial score (nSPS) is 12.1. The first kappa shape index (κ1) is 16.4. The minimum absolute atomic E-state index is 0.144. The zero-order valence-electron chi connectivity index (χ0n) is 11.9. The molecule has 0 atom stereocenters. The van der Waals surface area contributed by atoms with E-state index in [0.717, 1.165) is 39.0 Å². The van der Waals surface area contributed by atoms with Gasteiger partial charge in [0.15, 0.2) is 0 Å². The fourth-order valence-electron chi connectivity index (χ4n) is 1.67. The number of unbranched alkanes of at least 4 members (excludes halogenated alkanes) is 1. The largest absolute Gasteiger partial charge is 0.387 e. The smallest absolute Gasteiger partial charge is 0.0963 e. The van der Waals surface area contributed by atoms with Crippen molar-refractivity contribution >= 4 is 5.84 Å². The third-order valence-electron chi connectivity index (χ3n) is 3.21. The van der Waals surface area contributed by atoms with Crippen LogP contribution in [-0.4, -0.2) is 44.6 Å². The van der Waals surface area contributed by atoms with Crippen molar-refractivity contribution in [1.82, 2.24) is 4.90 Å². The molecule has 4 heteroatoms. The van der Waals surface area contributed by atoms with Crippen molar-refractivity contribution < 1.29 is 4.74 Å². The standard InChI is InChI=1S/C13H29N3O/c1-13(2,12(14)15)8-5-6-9-16(3)10-7-11-17-4/h5-11H2,1-4H3,(H3,14,15). The van der Waals surface area contributed by atoms with Crippen molar-refractivity contribution in [2.75, 3.05) is 33.9 Å². The Labute approximate surface area is 106 Å². The van der Waals surface area contributed by atoms with Crippen LogP contribution in [0.5, 0.6) is 0 Å². The maximum absolute atomic E-state index is 7.48. The van der Waals surface area contributed by atoms with Gasteiger partial charge in [0.25, 0.3) is 0 Å². The minimum atomic E-state index is -0.144. The molecule has 0 saturated carbocycles. The monoisotopic (exact) mass is 243 g/mol. The number of nitrogens with one attached hydrogen (secondary N) is 1. The third kappa shape index (κ3) is 8.16.